The van der Waals surface area contributed by atoms with Crippen LogP contribution in [-0.4, -0.2) is 50.0 Å². The Labute approximate surface area is 71.9 Å². The summed E-state index contributed by atoms with van der Waals surface area (Å²) in [5, 5.41) is 2.94. The first-order valence-corrected chi connectivity index (χ1v) is 4.27. The molecule has 0 aromatic heterocycles. The van der Waals surface area contributed by atoms with Crippen LogP contribution in [0, 0.1) is 0 Å². The highest BCUT2D eigenvalue weighted by atomic mass is 19.1. The predicted molar refractivity (Wildman–Crippen MR) is 44.8 cm³/mol. The van der Waals surface area contributed by atoms with Gasteiger partial charge < -0.3 is 10.2 Å². The standard InChI is InChI=1S/C8H16F2N2/c1-6-8(4-10)11-7(3-9)5-12(6)2/h6-8,11H,3-5H2,1-2H3/t6-,7-,8+/m1/s1. The zero-order valence-corrected chi connectivity index (χ0v) is 7.56. The maximum absolute atomic E-state index is 12.4. The van der Waals surface area contributed by atoms with Gasteiger partial charge in [0, 0.05) is 18.6 Å². The lowest BCUT2D eigenvalue weighted by atomic mass is 10.0. The van der Waals surface area contributed by atoms with Crippen LogP contribution >= 0.6 is 0 Å². The molecule has 1 heterocycles. The third kappa shape index (κ3) is 1.93. The second-order valence-electron chi connectivity index (χ2n) is 3.46. The Hall–Kier alpha value is -0.220. The van der Waals surface area contributed by atoms with Crippen molar-refractivity contribution in [2.24, 2.45) is 0 Å². The number of halogens is 2. The van der Waals surface area contributed by atoms with Gasteiger partial charge >= 0.3 is 0 Å². The third-order valence-corrected chi connectivity index (χ3v) is 2.59. The van der Waals surface area contributed by atoms with Crippen molar-refractivity contribution in [1.29, 1.82) is 0 Å². The Kier molecular flexibility index (Phi) is 3.40. The van der Waals surface area contributed by atoms with Crippen molar-refractivity contribution < 1.29 is 8.78 Å². The number of alkyl halides is 2. The van der Waals surface area contributed by atoms with Gasteiger partial charge in [-0.2, -0.15) is 0 Å². The molecule has 1 aliphatic rings. The molecule has 0 unspecified atom stereocenters. The van der Waals surface area contributed by atoms with Crippen molar-refractivity contribution in [3.8, 4) is 0 Å². The summed E-state index contributed by atoms with van der Waals surface area (Å²) in [5.74, 6) is 0. The third-order valence-electron chi connectivity index (χ3n) is 2.59. The second kappa shape index (κ2) is 4.14. The molecule has 0 bridgehead atoms. The zero-order chi connectivity index (χ0) is 9.14. The average molecular weight is 178 g/mol. The van der Waals surface area contributed by atoms with Gasteiger partial charge in [0.05, 0.1) is 6.04 Å². The van der Waals surface area contributed by atoms with Crippen LogP contribution in [0.3, 0.4) is 0 Å². The SMILES string of the molecule is C[C@@H]1[C@H](CF)N[C@H](CF)CN1C. The molecule has 1 N–H and O–H groups in total. The highest BCUT2D eigenvalue weighted by Crippen LogP contribution is 2.11. The molecule has 4 heteroatoms. The quantitative estimate of drug-likeness (QED) is 0.665. The Morgan fingerprint density at radius 1 is 1.42 bits per heavy atom. The maximum atomic E-state index is 12.4. The predicted octanol–water partition coefficient (Wildman–Crippen LogP) is 0.586. The Morgan fingerprint density at radius 2 is 2.08 bits per heavy atom. The number of nitrogens with one attached hydrogen (secondary N) is 1. The van der Waals surface area contributed by atoms with Gasteiger partial charge in [0.1, 0.15) is 13.3 Å². The van der Waals surface area contributed by atoms with E-state index in [0.717, 1.165) is 0 Å². The maximum Gasteiger partial charge on any atom is 0.106 e. The Balaban J connectivity index is 2.52. The molecule has 1 aliphatic heterocycles. The van der Waals surface area contributed by atoms with E-state index in [2.05, 4.69) is 5.32 Å². The zero-order valence-electron chi connectivity index (χ0n) is 7.56. The molecule has 1 rings (SSSR count). The first-order valence-electron chi connectivity index (χ1n) is 4.27. The van der Waals surface area contributed by atoms with Gasteiger partial charge in [-0.25, -0.2) is 8.78 Å². The molecular weight excluding hydrogens is 162 g/mol. The highest BCUT2D eigenvalue weighted by molar-refractivity contribution is 4.89. The first-order chi connectivity index (χ1) is 5.69. The molecule has 1 fully saturated rings. The normalized spacial score (nSPS) is 38.5. The van der Waals surface area contributed by atoms with E-state index in [-0.39, 0.29) is 18.1 Å². The number of piperazine rings is 1. The molecule has 0 aromatic rings. The number of nitrogens with zero attached hydrogens (tertiary/aromatic N) is 1. The van der Waals surface area contributed by atoms with Crippen LogP contribution < -0.4 is 5.32 Å². The topological polar surface area (TPSA) is 15.3 Å². The van der Waals surface area contributed by atoms with E-state index < -0.39 is 13.3 Å². The van der Waals surface area contributed by atoms with Crippen LogP contribution in [0.25, 0.3) is 0 Å². The Morgan fingerprint density at radius 3 is 2.58 bits per heavy atom. The summed E-state index contributed by atoms with van der Waals surface area (Å²) in [6.07, 6.45) is 0. The van der Waals surface area contributed by atoms with Crippen molar-refractivity contribution >= 4 is 0 Å². The molecule has 0 saturated carbocycles. The molecule has 12 heavy (non-hydrogen) atoms. The molecule has 3 atom stereocenters. The van der Waals surface area contributed by atoms with Gasteiger partial charge in [0.15, 0.2) is 0 Å². The summed E-state index contributed by atoms with van der Waals surface area (Å²) in [6, 6.07) is -0.269. The molecule has 0 spiro atoms. The van der Waals surface area contributed by atoms with Gasteiger partial charge in [0.2, 0.25) is 0 Å². The molecule has 1 saturated heterocycles. The molecule has 0 aromatic carbocycles. The molecule has 72 valence electrons. The van der Waals surface area contributed by atoms with Crippen LogP contribution in [0.4, 0.5) is 8.78 Å². The lowest BCUT2D eigenvalue weighted by molar-refractivity contribution is 0.102. The number of hydrogen-bond acceptors (Lipinski definition) is 2. The van der Waals surface area contributed by atoms with Crippen LogP contribution in [0.2, 0.25) is 0 Å². The van der Waals surface area contributed by atoms with Crippen LogP contribution in [0.1, 0.15) is 6.92 Å². The van der Waals surface area contributed by atoms with Crippen molar-refractivity contribution in [2.75, 3.05) is 26.9 Å². The fourth-order valence-corrected chi connectivity index (χ4v) is 1.58. The van der Waals surface area contributed by atoms with E-state index in [0.29, 0.717) is 6.54 Å². The average Bonchev–Trinajstić information content (AvgIpc) is 2.09. The lowest BCUT2D eigenvalue weighted by Gasteiger charge is -2.40. The van der Waals surface area contributed by atoms with Crippen molar-refractivity contribution in [3.63, 3.8) is 0 Å². The molecule has 0 radical (unpaired) electrons. The fourth-order valence-electron chi connectivity index (χ4n) is 1.58. The molecule has 0 aliphatic carbocycles. The van der Waals surface area contributed by atoms with Gasteiger partial charge in [0.25, 0.3) is 0 Å². The lowest BCUT2D eigenvalue weighted by Crippen LogP contribution is -2.61. The summed E-state index contributed by atoms with van der Waals surface area (Å²) in [7, 11) is 1.90. The second-order valence-corrected chi connectivity index (χ2v) is 3.46. The summed E-state index contributed by atoms with van der Waals surface area (Å²) in [5.41, 5.74) is 0. The van der Waals surface area contributed by atoms with E-state index in [4.69, 9.17) is 0 Å². The van der Waals surface area contributed by atoms with E-state index >= 15 is 0 Å². The van der Waals surface area contributed by atoms with Gasteiger partial charge in [-0.1, -0.05) is 0 Å². The van der Waals surface area contributed by atoms with Crippen molar-refractivity contribution in [1.82, 2.24) is 10.2 Å². The summed E-state index contributed by atoms with van der Waals surface area (Å²) in [6.45, 7) is 1.76. The fraction of sp³-hybridized carbons (Fsp3) is 1.00. The first kappa shape index (κ1) is 9.86. The summed E-state index contributed by atoms with van der Waals surface area (Å²) >= 11 is 0. The van der Waals surface area contributed by atoms with Crippen molar-refractivity contribution in [3.05, 3.63) is 0 Å². The minimum atomic E-state index is -0.429. The van der Waals surface area contributed by atoms with Gasteiger partial charge in [-0.05, 0) is 14.0 Å². The summed E-state index contributed by atoms with van der Waals surface area (Å²) in [4.78, 5) is 1.99. The molecule has 0 amide bonds. The summed E-state index contributed by atoms with van der Waals surface area (Å²) < 4.78 is 24.7. The minimum Gasteiger partial charge on any atom is -0.304 e. The smallest absolute Gasteiger partial charge is 0.106 e. The monoisotopic (exact) mass is 178 g/mol. The van der Waals surface area contributed by atoms with Crippen LogP contribution in [0.5, 0.6) is 0 Å². The largest absolute Gasteiger partial charge is 0.304 e. The van der Waals surface area contributed by atoms with E-state index in [1.807, 2.05) is 18.9 Å². The number of likely N-dealkylation sites (N-methyl/N-ethyl adjacent to an activating group) is 1. The van der Waals surface area contributed by atoms with E-state index in [9.17, 15) is 8.78 Å². The van der Waals surface area contributed by atoms with Gasteiger partial charge in [-0.3, -0.25) is 0 Å². The van der Waals surface area contributed by atoms with Crippen LogP contribution in [0.15, 0.2) is 0 Å². The number of rotatable bonds is 2. The minimum absolute atomic E-state index is 0.151. The molecular formula is C8H16F2N2. The van der Waals surface area contributed by atoms with Gasteiger partial charge in [-0.15, -0.1) is 0 Å². The highest BCUT2D eigenvalue weighted by Gasteiger charge is 2.30. The molecule has 2 nitrogen and oxygen atoms in total. The van der Waals surface area contributed by atoms with E-state index in [1.54, 1.807) is 0 Å². The van der Waals surface area contributed by atoms with Crippen LogP contribution in [-0.2, 0) is 0 Å². The van der Waals surface area contributed by atoms with E-state index in [1.165, 1.54) is 0 Å². The van der Waals surface area contributed by atoms with Crippen molar-refractivity contribution in [2.45, 2.75) is 25.0 Å². The number of hydrogen-bond donors (Lipinski definition) is 1. The Bertz CT molecular complexity index is 143.